The number of methoxy groups -OCH3 is 1. The Kier molecular flexibility index (Phi) is 13.0. The summed E-state index contributed by atoms with van der Waals surface area (Å²) in [6, 6.07) is 15.2. The molecule has 2 aromatic carbocycles. The van der Waals surface area contributed by atoms with E-state index in [-0.39, 0.29) is 18.8 Å². The molecule has 0 N–H and O–H groups in total. The number of benzene rings is 2. The molecule has 0 bridgehead atoms. The predicted octanol–water partition coefficient (Wildman–Crippen LogP) is 4.71. The summed E-state index contributed by atoms with van der Waals surface area (Å²) in [5.74, 6) is -0.852. The second-order valence-corrected chi connectivity index (χ2v) is 7.48. The number of nitrogens with zero attached hydrogens (tertiary/aromatic N) is 3. The molecule has 0 aliphatic carbocycles. The number of hydrogen-bond acceptors (Lipinski definition) is 10. The number of rotatable bonds is 15. The highest BCUT2D eigenvalue weighted by atomic mass is 16.6. The van der Waals surface area contributed by atoms with Crippen LogP contribution in [0.2, 0.25) is 0 Å². The Bertz CT molecular complexity index is 1130. The van der Waals surface area contributed by atoms with Crippen molar-refractivity contribution in [3.05, 3.63) is 71.8 Å². The fourth-order valence-electron chi connectivity index (χ4n) is 2.57. The van der Waals surface area contributed by atoms with Crippen LogP contribution in [-0.2, 0) is 28.5 Å². The summed E-state index contributed by atoms with van der Waals surface area (Å²) in [7, 11) is 1.59. The molecule has 2 aromatic rings. The zero-order valence-electron chi connectivity index (χ0n) is 20.8. The molecule has 0 fully saturated rings. The highest BCUT2D eigenvalue weighted by Gasteiger charge is 2.10. The fraction of sp³-hybridized carbons (Fsp3) is 0.296. The number of nitriles is 1. The van der Waals surface area contributed by atoms with Crippen LogP contribution in [0.5, 0.6) is 5.75 Å². The van der Waals surface area contributed by atoms with Crippen LogP contribution in [0.25, 0.3) is 6.08 Å². The molecule has 0 spiro atoms. The molecule has 0 aliphatic heterocycles. The van der Waals surface area contributed by atoms with E-state index < -0.39 is 11.9 Å². The fourth-order valence-corrected chi connectivity index (χ4v) is 2.57. The smallest absolute Gasteiger partial charge is 0.348 e. The average molecular weight is 508 g/mol. The van der Waals surface area contributed by atoms with Gasteiger partial charge in [-0.25, -0.2) is 9.59 Å². The van der Waals surface area contributed by atoms with E-state index in [1.54, 1.807) is 62.6 Å². The maximum absolute atomic E-state index is 12.2. The highest BCUT2D eigenvalue weighted by Crippen LogP contribution is 2.22. The highest BCUT2D eigenvalue weighted by molar-refractivity contribution is 5.97. The summed E-state index contributed by atoms with van der Waals surface area (Å²) in [4.78, 5) is 23.7. The second-order valence-electron chi connectivity index (χ2n) is 7.48. The molecule has 0 saturated heterocycles. The van der Waals surface area contributed by atoms with Crippen LogP contribution in [0, 0.1) is 11.3 Å². The molecule has 10 nitrogen and oxygen atoms in total. The number of hydrogen-bond donors (Lipinski definition) is 0. The quantitative estimate of drug-likeness (QED) is 0.0846. The molecule has 0 radical (unpaired) electrons. The molecule has 0 aromatic heterocycles. The van der Waals surface area contributed by atoms with Crippen molar-refractivity contribution in [1.29, 1.82) is 5.26 Å². The zero-order chi connectivity index (χ0) is 26.9. The Morgan fingerprint density at radius 3 is 1.95 bits per heavy atom. The van der Waals surface area contributed by atoms with E-state index in [1.807, 2.05) is 6.07 Å². The monoisotopic (exact) mass is 507 g/mol. The van der Waals surface area contributed by atoms with E-state index in [2.05, 4.69) is 16.8 Å². The lowest BCUT2D eigenvalue weighted by Crippen LogP contribution is -2.14. The summed E-state index contributed by atoms with van der Waals surface area (Å²) >= 11 is 0. The predicted molar refractivity (Wildman–Crippen MR) is 136 cm³/mol. The van der Waals surface area contributed by atoms with Crippen LogP contribution >= 0.6 is 0 Å². The van der Waals surface area contributed by atoms with Crippen molar-refractivity contribution < 1.29 is 33.3 Å². The Morgan fingerprint density at radius 1 is 0.865 bits per heavy atom. The summed E-state index contributed by atoms with van der Waals surface area (Å²) in [6.45, 7) is 7.09. The van der Waals surface area contributed by atoms with Gasteiger partial charge in [0.15, 0.2) is 0 Å². The third-order valence-corrected chi connectivity index (χ3v) is 4.49. The van der Waals surface area contributed by atoms with Crippen molar-refractivity contribution in [3.8, 4) is 11.8 Å². The molecule has 0 saturated carbocycles. The van der Waals surface area contributed by atoms with Crippen LogP contribution < -0.4 is 4.74 Å². The first-order valence-corrected chi connectivity index (χ1v) is 11.4. The van der Waals surface area contributed by atoms with Gasteiger partial charge in [-0.3, -0.25) is 0 Å². The van der Waals surface area contributed by atoms with Crippen molar-refractivity contribution >= 4 is 29.4 Å². The van der Waals surface area contributed by atoms with Gasteiger partial charge in [0.25, 0.3) is 0 Å². The minimum atomic E-state index is -0.733. The molecule has 0 atom stereocenters. The van der Waals surface area contributed by atoms with Gasteiger partial charge in [-0.15, -0.1) is 0 Å². The minimum absolute atomic E-state index is 0.0204. The summed E-state index contributed by atoms with van der Waals surface area (Å²) in [6.07, 6.45) is 1.43. The van der Waals surface area contributed by atoms with Crippen LogP contribution in [0.1, 0.15) is 12.5 Å². The van der Waals surface area contributed by atoms with Crippen molar-refractivity contribution in [1.82, 2.24) is 0 Å². The van der Waals surface area contributed by atoms with Gasteiger partial charge in [-0.1, -0.05) is 18.7 Å². The lowest BCUT2D eigenvalue weighted by Gasteiger charge is -2.06. The third kappa shape index (κ3) is 11.4. The first-order valence-electron chi connectivity index (χ1n) is 11.4. The first-order chi connectivity index (χ1) is 17.9. The number of azo groups is 1. The number of esters is 2. The molecule has 0 unspecified atom stereocenters. The van der Waals surface area contributed by atoms with Crippen molar-refractivity contribution in [2.75, 3.05) is 46.8 Å². The maximum atomic E-state index is 12.2. The van der Waals surface area contributed by atoms with Gasteiger partial charge in [-0.2, -0.15) is 15.5 Å². The van der Waals surface area contributed by atoms with E-state index in [0.29, 0.717) is 54.7 Å². The lowest BCUT2D eigenvalue weighted by molar-refractivity contribution is -0.140. The SMILES string of the molecule is C=C(C)C(=O)Oc1ccc(N=Nc2ccc(/C=C(/C#N)C(=O)OCCOCCOCCOC)cc2)cc1. The first kappa shape index (κ1) is 29.1. The van der Waals surface area contributed by atoms with E-state index in [4.69, 9.17) is 23.7 Å². The molecule has 0 aliphatic rings. The Balaban J connectivity index is 1.82. The molecule has 194 valence electrons. The topological polar surface area (TPSA) is 129 Å². The van der Waals surface area contributed by atoms with E-state index in [0.717, 1.165) is 0 Å². The van der Waals surface area contributed by atoms with Gasteiger partial charge in [0.1, 0.15) is 24.0 Å². The van der Waals surface area contributed by atoms with Crippen LogP contribution in [0.15, 0.2) is 76.5 Å². The normalized spacial score (nSPS) is 11.2. The Morgan fingerprint density at radius 2 is 1.41 bits per heavy atom. The standard InChI is InChI=1S/C27H29N3O7/c1-20(2)26(31)37-25-10-8-24(9-11-25)30-29-23-6-4-21(5-7-23)18-22(19-28)27(32)36-17-16-35-15-14-34-13-12-33-3/h4-11,18H,1,12-17H2,2-3H3/b22-18-,30-29?. The van der Waals surface area contributed by atoms with Crippen LogP contribution in [-0.4, -0.2) is 58.7 Å². The van der Waals surface area contributed by atoms with Gasteiger partial charge in [-0.05, 0) is 55.0 Å². The number of carbonyl (C=O) groups excluding carboxylic acids is 2. The van der Waals surface area contributed by atoms with E-state index in [1.165, 1.54) is 6.08 Å². The second kappa shape index (κ2) is 16.5. The largest absolute Gasteiger partial charge is 0.459 e. The van der Waals surface area contributed by atoms with Gasteiger partial charge in [0, 0.05) is 12.7 Å². The van der Waals surface area contributed by atoms with Gasteiger partial charge in [0.2, 0.25) is 0 Å². The molecular formula is C27H29N3O7. The molecular weight excluding hydrogens is 478 g/mol. The molecule has 0 amide bonds. The van der Waals surface area contributed by atoms with Gasteiger partial charge >= 0.3 is 11.9 Å². The van der Waals surface area contributed by atoms with E-state index in [9.17, 15) is 14.9 Å². The average Bonchev–Trinajstić information content (AvgIpc) is 2.90. The Hall–Kier alpha value is -4.17. The van der Waals surface area contributed by atoms with Crippen LogP contribution in [0.4, 0.5) is 11.4 Å². The van der Waals surface area contributed by atoms with Crippen molar-refractivity contribution in [2.45, 2.75) is 6.92 Å². The van der Waals surface area contributed by atoms with Crippen molar-refractivity contribution in [3.63, 3.8) is 0 Å². The van der Waals surface area contributed by atoms with Gasteiger partial charge < -0.3 is 23.7 Å². The molecule has 0 heterocycles. The van der Waals surface area contributed by atoms with Crippen molar-refractivity contribution in [2.24, 2.45) is 10.2 Å². The van der Waals surface area contributed by atoms with Crippen LogP contribution in [0.3, 0.4) is 0 Å². The van der Waals surface area contributed by atoms with Gasteiger partial charge in [0.05, 0.1) is 44.4 Å². The molecule has 10 heteroatoms. The number of carbonyl (C=O) groups is 2. The Labute approximate surface area is 215 Å². The zero-order valence-corrected chi connectivity index (χ0v) is 20.8. The summed E-state index contributed by atoms with van der Waals surface area (Å²) in [5, 5.41) is 17.6. The maximum Gasteiger partial charge on any atom is 0.348 e. The lowest BCUT2D eigenvalue weighted by atomic mass is 10.1. The minimum Gasteiger partial charge on any atom is -0.459 e. The third-order valence-electron chi connectivity index (χ3n) is 4.49. The molecule has 37 heavy (non-hydrogen) atoms. The molecule has 2 rings (SSSR count). The van der Waals surface area contributed by atoms with E-state index >= 15 is 0 Å². The summed E-state index contributed by atoms with van der Waals surface area (Å²) in [5.41, 5.74) is 1.93. The number of ether oxygens (including phenoxy) is 5. The summed E-state index contributed by atoms with van der Waals surface area (Å²) < 4.78 is 25.6.